The number of hydrogen-bond acceptors (Lipinski definition) is 4. The Hall–Kier alpha value is -2.15. The molecule has 1 N–H and O–H groups in total. The zero-order chi connectivity index (χ0) is 21.1. The fraction of sp³-hybridized carbons (Fsp3) is 0.522. The number of halogens is 1. The lowest BCUT2D eigenvalue weighted by Gasteiger charge is -2.29. The summed E-state index contributed by atoms with van der Waals surface area (Å²) in [6.07, 6.45) is 11.1. The largest absolute Gasteiger partial charge is 0.494 e. The topological polar surface area (TPSA) is 76.6 Å². The maximum absolute atomic E-state index is 13.4. The van der Waals surface area contributed by atoms with Crippen LogP contribution in [-0.4, -0.2) is 20.5 Å². The highest BCUT2D eigenvalue weighted by Crippen LogP contribution is 2.31. The molecule has 0 amide bonds. The highest BCUT2D eigenvalue weighted by Gasteiger charge is 2.28. The molecule has 2 saturated carbocycles. The minimum absolute atomic E-state index is 0.0680. The zero-order valence-corrected chi connectivity index (χ0v) is 18.7. The number of rotatable bonds is 4. The fourth-order valence-electron chi connectivity index (χ4n) is 4.76. The summed E-state index contributed by atoms with van der Waals surface area (Å²) in [5.41, 5.74) is -0.0142. The first-order valence-corrected chi connectivity index (χ1v) is 11.7. The number of hydrogen-bond donors (Lipinski definition) is 1. The predicted molar refractivity (Wildman–Crippen MR) is 122 cm³/mol. The van der Waals surface area contributed by atoms with Gasteiger partial charge in [-0.1, -0.05) is 54.5 Å². The molecule has 2 aliphatic rings. The van der Waals surface area contributed by atoms with E-state index in [0.717, 1.165) is 68.7 Å². The van der Waals surface area contributed by atoms with Gasteiger partial charge in [0, 0.05) is 22.8 Å². The highest BCUT2D eigenvalue weighted by atomic mass is 79.9. The number of aromatic hydroxyl groups is 1. The molecule has 1 aromatic carbocycles. The minimum Gasteiger partial charge on any atom is -0.494 e. The van der Waals surface area contributed by atoms with Gasteiger partial charge in [-0.3, -0.25) is 18.9 Å². The van der Waals surface area contributed by atoms with Crippen LogP contribution in [0.15, 0.2) is 43.3 Å². The average Bonchev–Trinajstić information content (AvgIpc) is 2.76. The van der Waals surface area contributed by atoms with Crippen LogP contribution >= 0.6 is 15.9 Å². The molecule has 1 heterocycles. The molecule has 7 heteroatoms. The highest BCUT2D eigenvalue weighted by molar-refractivity contribution is 9.10. The van der Waals surface area contributed by atoms with Crippen molar-refractivity contribution in [1.29, 1.82) is 0 Å². The number of benzene rings is 1. The van der Waals surface area contributed by atoms with Gasteiger partial charge in [0.05, 0.1) is 5.69 Å². The summed E-state index contributed by atoms with van der Waals surface area (Å²) in [5.74, 6) is -0.246. The van der Waals surface area contributed by atoms with Crippen LogP contribution in [-0.2, 0) is 0 Å². The first-order chi connectivity index (χ1) is 14.6. The maximum Gasteiger partial charge on any atom is 0.334 e. The van der Waals surface area contributed by atoms with Crippen molar-refractivity contribution in [3.05, 3.63) is 55.1 Å². The summed E-state index contributed by atoms with van der Waals surface area (Å²) in [5, 5.41) is 11.0. The molecule has 2 aliphatic carbocycles. The average molecular weight is 474 g/mol. The van der Waals surface area contributed by atoms with E-state index in [1.807, 2.05) is 24.3 Å². The van der Waals surface area contributed by atoms with E-state index in [2.05, 4.69) is 20.9 Å². The molecular formula is C23H28BrN3O3. The Morgan fingerprint density at radius 1 is 0.867 bits per heavy atom. The van der Waals surface area contributed by atoms with Crippen LogP contribution < -0.4 is 11.2 Å². The lowest BCUT2D eigenvalue weighted by molar-refractivity contribution is 0.271. The van der Waals surface area contributed by atoms with Crippen LogP contribution in [0.1, 0.15) is 81.9 Å². The van der Waals surface area contributed by atoms with E-state index in [0.29, 0.717) is 5.69 Å². The van der Waals surface area contributed by atoms with Gasteiger partial charge in [-0.2, -0.15) is 0 Å². The van der Waals surface area contributed by atoms with E-state index in [9.17, 15) is 14.7 Å². The molecule has 0 unspecified atom stereocenters. The van der Waals surface area contributed by atoms with Gasteiger partial charge in [0.1, 0.15) is 5.56 Å². The predicted octanol–water partition coefficient (Wildman–Crippen LogP) is 5.24. The molecule has 0 aliphatic heterocycles. The molecule has 0 spiro atoms. The molecule has 4 rings (SSSR count). The van der Waals surface area contributed by atoms with E-state index in [-0.39, 0.29) is 29.2 Å². The molecular weight excluding hydrogens is 446 g/mol. The van der Waals surface area contributed by atoms with Crippen molar-refractivity contribution < 1.29 is 5.11 Å². The summed E-state index contributed by atoms with van der Waals surface area (Å²) >= 11 is 3.40. The van der Waals surface area contributed by atoms with E-state index in [1.54, 1.807) is 0 Å². The van der Waals surface area contributed by atoms with Crippen LogP contribution in [0.2, 0.25) is 0 Å². The Kier molecular flexibility index (Phi) is 6.56. The maximum atomic E-state index is 13.4. The summed E-state index contributed by atoms with van der Waals surface area (Å²) in [7, 11) is 0. The Morgan fingerprint density at radius 3 is 1.97 bits per heavy atom. The quantitative estimate of drug-likeness (QED) is 0.616. The Bertz CT molecular complexity index is 1030. The molecule has 0 atom stereocenters. The Balaban J connectivity index is 1.84. The van der Waals surface area contributed by atoms with Crippen LogP contribution in [0, 0.1) is 0 Å². The number of aromatic nitrogens is 2. The molecule has 1 aromatic heterocycles. The number of nitrogens with zero attached hydrogens (tertiary/aromatic N) is 3. The van der Waals surface area contributed by atoms with Gasteiger partial charge in [0.15, 0.2) is 0 Å². The van der Waals surface area contributed by atoms with Crippen molar-refractivity contribution in [2.45, 2.75) is 76.3 Å². The molecule has 0 radical (unpaired) electrons. The molecule has 0 saturated heterocycles. The first-order valence-electron chi connectivity index (χ1n) is 11.0. The van der Waals surface area contributed by atoms with E-state index in [4.69, 9.17) is 0 Å². The monoisotopic (exact) mass is 473 g/mol. The second-order valence-electron chi connectivity index (χ2n) is 8.38. The van der Waals surface area contributed by atoms with Crippen molar-refractivity contribution in [2.24, 2.45) is 4.99 Å². The summed E-state index contributed by atoms with van der Waals surface area (Å²) in [4.78, 5) is 31.1. The molecule has 6 nitrogen and oxygen atoms in total. The van der Waals surface area contributed by atoms with Gasteiger partial charge in [-0.25, -0.2) is 4.79 Å². The van der Waals surface area contributed by atoms with E-state index < -0.39 is 5.56 Å². The van der Waals surface area contributed by atoms with Crippen molar-refractivity contribution in [2.75, 3.05) is 0 Å². The van der Waals surface area contributed by atoms with Gasteiger partial charge < -0.3 is 5.11 Å². The van der Waals surface area contributed by atoms with Crippen LogP contribution in [0.3, 0.4) is 0 Å². The van der Waals surface area contributed by atoms with Crippen LogP contribution in [0.25, 0.3) is 0 Å². The van der Waals surface area contributed by atoms with E-state index >= 15 is 0 Å². The van der Waals surface area contributed by atoms with Crippen molar-refractivity contribution in [1.82, 2.24) is 9.13 Å². The van der Waals surface area contributed by atoms with Crippen molar-refractivity contribution in [3.8, 4) is 5.88 Å². The second kappa shape index (κ2) is 9.33. The molecule has 160 valence electrons. The molecule has 30 heavy (non-hydrogen) atoms. The molecule has 2 fully saturated rings. The fourth-order valence-corrected chi connectivity index (χ4v) is 5.02. The lowest BCUT2D eigenvalue weighted by atomic mass is 9.94. The minimum atomic E-state index is -0.433. The van der Waals surface area contributed by atoms with Crippen LogP contribution in [0.4, 0.5) is 5.69 Å². The Labute approximate surface area is 184 Å². The summed E-state index contributed by atoms with van der Waals surface area (Å²) < 4.78 is 3.81. The normalized spacial score (nSPS) is 18.8. The van der Waals surface area contributed by atoms with Gasteiger partial charge >= 0.3 is 5.69 Å². The van der Waals surface area contributed by atoms with Gasteiger partial charge in [0.2, 0.25) is 5.88 Å². The smallest absolute Gasteiger partial charge is 0.334 e. The molecule has 2 aromatic rings. The van der Waals surface area contributed by atoms with Gasteiger partial charge in [-0.05, 0) is 49.9 Å². The zero-order valence-electron chi connectivity index (χ0n) is 17.1. The first kappa shape index (κ1) is 21.1. The van der Waals surface area contributed by atoms with Crippen molar-refractivity contribution >= 4 is 27.8 Å². The third-order valence-electron chi connectivity index (χ3n) is 6.38. The van der Waals surface area contributed by atoms with Crippen LogP contribution in [0.5, 0.6) is 5.88 Å². The SMILES string of the molecule is O=c1c(C=Nc2ccc(Br)cc2)c(O)n(C2CCCCC2)c(=O)n1C1CCCCC1. The standard InChI is InChI=1S/C23H28BrN3O3/c24-16-11-13-17(14-12-16)25-15-20-21(28)26(18-7-3-1-4-8-18)23(30)27(22(20)29)19-9-5-2-6-10-19/h11-15,18-19,28H,1-10H2. The van der Waals surface area contributed by atoms with E-state index in [1.165, 1.54) is 15.3 Å². The third-order valence-corrected chi connectivity index (χ3v) is 6.91. The summed E-state index contributed by atoms with van der Waals surface area (Å²) in [6, 6.07) is 7.23. The Morgan fingerprint density at radius 2 is 1.40 bits per heavy atom. The van der Waals surface area contributed by atoms with Gasteiger partial charge in [-0.15, -0.1) is 0 Å². The second-order valence-corrected chi connectivity index (χ2v) is 9.30. The molecule has 0 bridgehead atoms. The van der Waals surface area contributed by atoms with Crippen molar-refractivity contribution in [3.63, 3.8) is 0 Å². The third kappa shape index (κ3) is 4.31. The lowest BCUT2D eigenvalue weighted by Crippen LogP contribution is -2.45. The van der Waals surface area contributed by atoms with Gasteiger partial charge in [0.25, 0.3) is 5.56 Å². The summed E-state index contributed by atoms with van der Waals surface area (Å²) in [6.45, 7) is 0. The number of aliphatic imine (C=N–C) groups is 1.